The summed E-state index contributed by atoms with van der Waals surface area (Å²) in [5.74, 6) is 0.188. The summed E-state index contributed by atoms with van der Waals surface area (Å²) in [5.41, 5.74) is 0. The lowest BCUT2D eigenvalue weighted by atomic mass is 10.1. The molecule has 3 heteroatoms. The van der Waals surface area contributed by atoms with Crippen molar-refractivity contribution in [1.29, 1.82) is 0 Å². The number of carbonyl (C=O) groups is 1. The fourth-order valence-electron chi connectivity index (χ4n) is 1.40. The molecule has 0 bridgehead atoms. The number of hydrogen-bond donors (Lipinski definition) is 1. The molecular formula is C13H26N2O. The predicted octanol–water partition coefficient (Wildman–Crippen LogP) is 2.19. The van der Waals surface area contributed by atoms with Crippen LogP contribution < -0.4 is 5.32 Å². The average molecular weight is 226 g/mol. The Morgan fingerprint density at radius 1 is 1.25 bits per heavy atom. The van der Waals surface area contributed by atoms with Crippen LogP contribution in [0.2, 0.25) is 0 Å². The van der Waals surface area contributed by atoms with Gasteiger partial charge in [-0.2, -0.15) is 0 Å². The molecule has 1 amide bonds. The van der Waals surface area contributed by atoms with Crippen molar-refractivity contribution in [3.63, 3.8) is 0 Å². The van der Waals surface area contributed by atoms with Crippen molar-refractivity contribution in [1.82, 2.24) is 10.2 Å². The lowest BCUT2D eigenvalue weighted by Crippen LogP contribution is -2.31. The highest BCUT2D eigenvalue weighted by Crippen LogP contribution is 2.03. The number of rotatable bonds is 9. The average Bonchev–Trinajstić information content (AvgIpc) is 2.22. The minimum Gasteiger partial charge on any atom is -0.355 e. The van der Waals surface area contributed by atoms with Crippen molar-refractivity contribution in [3.8, 4) is 0 Å². The van der Waals surface area contributed by atoms with E-state index in [1.54, 1.807) is 0 Å². The number of allylic oxidation sites excluding steroid dienone is 2. The van der Waals surface area contributed by atoms with Crippen LogP contribution in [-0.2, 0) is 4.79 Å². The summed E-state index contributed by atoms with van der Waals surface area (Å²) >= 11 is 0. The van der Waals surface area contributed by atoms with Crippen molar-refractivity contribution < 1.29 is 4.79 Å². The van der Waals surface area contributed by atoms with Crippen LogP contribution in [-0.4, -0.2) is 38.0 Å². The van der Waals surface area contributed by atoms with Gasteiger partial charge in [0.25, 0.3) is 0 Å². The van der Waals surface area contributed by atoms with Crippen molar-refractivity contribution in [2.24, 2.45) is 0 Å². The van der Waals surface area contributed by atoms with Crippen LogP contribution in [0, 0.1) is 0 Å². The highest BCUT2D eigenvalue weighted by atomic mass is 16.1. The number of likely N-dealkylation sites (N-methyl/N-ethyl adjacent to an activating group) is 1. The van der Waals surface area contributed by atoms with Crippen LogP contribution in [0.5, 0.6) is 0 Å². The number of nitrogens with one attached hydrogen (secondary N) is 1. The number of carbonyl (C=O) groups excluding carboxylic acids is 1. The van der Waals surface area contributed by atoms with Gasteiger partial charge in [0.1, 0.15) is 0 Å². The first kappa shape index (κ1) is 15.2. The number of amides is 1. The Bertz CT molecular complexity index is 200. The van der Waals surface area contributed by atoms with Crippen LogP contribution in [0.25, 0.3) is 0 Å². The molecule has 1 N–H and O–H groups in total. The quantitative estimate of drug-likeness (QED) is 0.483. The molecule has 0 saturated heterocycles. The van der Waals surface area contributed by atoms with Crippen LogP contribution in [0.1, 0.15) is 39.0 Å². The Morgan fingerprint density at radius 3 is 2.62 bits per heavy atom. The van der Waals surface area contributed by atoms with E-state index < -0.39 is 0 Å². The molecule has 0 unspecified atom stereocenters. The summed E-state index contributed by atoms with van der Waals surface area (Å²) in [6.07, 6.45) is 9.40. The van der Waals surface area contributed by atoms with Crippen LogP contribution >= 0.6 is 0 Å². The smallest absolute Gasteiger partial charge is 0.220 e. The molecule has 0 atom stereocenters. The van der Waals surface area contributed by atoms with E-state index in [1.807, 2.05) is 21.0 Å². The molecular weight excluding hydrogens is 200 g/mol. The Balaban J connectivity index is 3.24. The Labute approximate surface area is 99.9 Å². The first-order valence-corrected chi connectivity index (χ1v) is 6.19. The zero-order valence-corrected chi connectivity index (χ0v) is 11.0. The summed E-state index contributed by atoms with van der Waals surface area (Å²) in [6, 6.07) is 0. The van der Waals surface area contributed by atoms with Gasteiger partial charge in [-0.25, -0.2) is 0 Å². The Kier molecular flexibility index (Phi) is 10.1. The molecule has 0 aliphatic rings. The first-order chi connectivity index (χ1) is 7.66. The molecule has 0 aromatic carbocycles. The maximum atomic E-state index is 11.4. The molecule has 0 aromatic rings. The second-order valence-electron chi connectivity index (χ2n) is 4.32. The second kappa shape index (κ2) is 10.7. The van der Waals surface area contributed by atoms with E-state index in [0.29, 0.717) is 6.42 Å². The molecule has 0 fully saturated rings. The zero-order valence-electron chi connectivity index (χ0n) is 11.0. The van der Waals surface area contributed by atoms with Crippen LogP contribution in [0.4, 0.5) is 0 Å². The largest absolute Gasteiger partial charge is 0.355 e. The monoisotopic (exact) mass is 226 g/mol. The fourth-order valence-corrected chi connectivity index (χ4v) is 1.40. The summed E-state index contributed by atoms with van der Waals surface area (Å²) in [7, 11) is 4.01. The SMILES string of the molecule is C/C=C/CCCCCC(=O)NCCN(C)C. The van der Waals surface area contributed by atoms with Gasteiger partial charge in [0, 0.05) is 19.5 Å². The van der Waals surface area contributed by atoms with Gasteiger partial charge in [-0.05, 0) is 40.3 Å². The van der Waals surface area contributed by atoms with E-state index >= 15 is 0 Å². The number of unbranched alkanes of at least 4 members (excludes halogenated alkanes) is 3. The zero-order chi connectivity index (χ0) is 12.2. The summed E-state index contributed by atoms with van der Waals surface area (Å²) in [6.45, 7) is 3.70. The summed E-state index contributed by atoms with van der Waals surface area (Å²) < 4.78 is 0. The summed E-state index contributed by atoms with van der Waals surface area (Å²) in [4.78, 5) is 13.4. The molecule has 0 spiro atoms. The molecule has 94 valence electrons. The molecule has 0 radical (unpaired) electrons. The predicted molar refractivity (Wildman–Crippen MR) is 69.5 cm³/mol. The molecule has 0 aliphatic carbocycles. The lowest BCUT2D eigenvalue weighted by Gasteiger charge is -2.10. The third-order valence-corrected chi connectivity index (χ3v) is 2.39. The third-order valence-electron chi connectivity index (χ3n) is 2.39. The van der Waals surface area contributed by atoms with Gasteiger partial charge in [0.15, 0.2) is 0 Å². The standard InChI is InChI=1S/C13H26N2O/c1-4-5-6-7-8-9-10-13(16)14-11-12-15(2)3/h4-5H,6-12H2,1-3H3,(H,14,16)/b5-4+. The van der Waals surface area contributed by atoms with Crippen molar-refractivity contribution in [2.75, 3.05) is 27.2 Å². The van der Waals surface area contributed by atoms with Gasteiger partial charge in [0.05, 0.1) is 0 Å². The van der Waals surface area contributed by atoms with Gasteiger partial charge in [-0.1, -0.05) is 18.6 Å². The topological polar surface area (TPSA) is 32.3 Å². The molecule has 16 heavy (non-hydrogen) atoms. The van der Waals surface area contributed by atoms with Crippen molar-refractivity contribution in [2.45, 2.75) is 39.0 Å². The van der Waals surface area contributed by atoms with Gasteiger partial charge < -0.3 is 10.2 Å². The normalized spacial score (nSPS) is 11.2. The van der Waals surface area contributed by atoms with E-state index in [9.17, 15) is 4.79 Å². The maximum Gasteiger partial charge on any atom is 0.220 e. The van der Waals surface area contributed by atoms with E-state index in [-0.39, 0.29) is 5.91 Å². The highest BCUT2D eigenvalue weighted by molar-refractivity contribution is 5.75. The number of nitrogens with zero attached hydrogens (tertiary/aromatic N) is 1. The van der Waals surface area contributed by atoms with Gasteiger partial charge in [-0.3, -0.25) is 4.79 Å². The first-order valence-electron chi connectivity index (χ1n) is 6.19. The van der Waals surface area contributed by atoms with Gasteiger partial charge >= 0.3 is 0 Å². The van der Waals surface area contributed by atoms with Crippen LogP contribution in [0.3, 0.4) is 0 Å². The molecule has 0 rings (SSSR count). The van der Waals surface area contributed by atoms with Gasteiger partial charge in [-0.15, -0.1) is 0 Å². The van der Waals surface area contributed by atoms with E-state index in [0.717, 1.165) is 32.4 Å². The molecule has 3 nitrogen and oxygen atoms in total. The minimum atomic E-state index is 0.188. The second-order valence-corrected chi connectivity index (χ2v) is 4.32. The Morgan fingerprint density at radius 2 is 2.00 bits per heavy atom. The van der Waals surface area contributed by atoms with Crippen molar-refractivity contribution >= 4 is 5.91 Å². The lowest BCUT2D eigenvalue weighted by molar-refractivity contribution is -0.121. The third kappa shape index (κ3) is 11.2. The maximum absolute atomic E-state index is 11.4. The van der Waals surface area contributed by atoms with Gasteiger partial charge in [0.2, 0.25) is 5.91 Å². The fraction of sp³-hybridized carbons (Fsp3) is 0.769. The molecule has 0 aromatic heterocycles. The molecule has 0 heterocycles. The summed E-state index contributed by atoms with van der Waals surface area (Å²) in [5, 5.41) is 2.92. The van der Waals surface area contributed by atoms with Crippen LogP contribution in [0.15, 0.2) is 12.2 Å². The van der Waals surface area contributed by atoms with E-state index in [4.69, 9.17) is 0 Å². The Hall–Kier alpha value is -0.830. The minimum absolute atomic E-state index is 0.188. The van der Waals surface area contributed by atoms with E-state index in [2.05, 4.69) is 22.4 Å². The van der Waals surface area contributed by atoms with E-state index in [1.165, 1.54) is 6.42 Å². The molecule has 0 saturated carbocycles. The number of hydrogen-bond acceptors (Lipinski definition) is 2. The highest BCUT2D eigenvalue weighted by Gasteiger charge is 2.00. The van der Waals surface area contributed by atoms with Crippen molar-refractivity contribution in [3.05, 3.63) is 12.2 Å². The molecule has 0 aliphatic heterocycles.